The zero-order valence-corrected chi connectivity index (χ0v) is 17.0. The first-order valence-corrected chi connectivity index (χ1v) is 9.81. The van der Waals surface area contributed by atoms with E-state index in [2.05, 4.69) is 0 Å². The van der Waals surface area contributed by atoms with E-state index in [-0.39, 0.29) is 29.6 Å². The van der Waals surface area contributed by atoms with Gasteiger partial charge in [0.15, 0.2) is 5.78 Å². The molecule has 0 radical (unpaired) electrons. The first-order valence-electron chi connectivity index (χ1n) is 9.81. The highest BCUT2D eigenvalue weighted by molar-refractivity contribution is 6.06. The summed E-state index contributed by atoms with van der Waals surface area (Å²) in [5.41, 5.74) is 0.508. The molecule has 0 aliphatic carbocycles. The number of Topliss-reactive ketones (excluding diaryl/α,β-unsaturated/α-hetero) is 1. The van der Waals surface area contributed by atoms with Gasteiger partial charge in [0.05, 0.1) is 17.9 Å². The Balaban J connectivity index is 2.32. The first kappa shape index (κ1) is 20.2. The maximum absolute atomic E-state index is 13.0. The van der Waals surface area contributed by atoms with Crippen molar-refractivity contribution in [3.63, 3.8) is 0 Å². The molecule has 2 aliphatic heterocycles. The zero-order chi connectivity index (χ0) is 20.8. The van der Waals surface area contributed by atoms with Crippen LogP contribution in [0, 0.1) is 5.92 Å². The number of carboxylic acids is 1. The molecule has 0 amide bonds. The van der Waals surface area contributed by atoms with Crippen LogP contribution in [-0.2, 0) is 4.79 Å². The number of hydrogen-bond donors (Lipinski definition) is 2. The highest BCUT2D eigenvalue weighted by Crippen LogP contribution is 2.53. The van der Waals surface area contributed by atoms with Crippen molar-refractivity contribution in [3.05, 3.63) is 22.8 Å². The average molecular weight is 388 g/mol. The number of phenols is 1. The maximum atomic E-state index is 13.0. The summed E-state index contributed by atoms with van der Waals surface area (Å²) < 4.78 is 12.2. The van der Waals surface area contributed by atoms with Crippen LogP contribution >= 0.6 is 0 Å². The third-order valence-electron chi connectivity index (χ3n) is 5.60. The van der Waals surface area contributed by atoms with Gasteiger partial charge < -0.3 is 19.7 Å². The fourth-order valence-corrected chi connectivity index (χ4v) is 3.94. The monoisotopic (exact) mass is 388 g/mol. The summed E-state index contributed by atoms with van der Waals surface area (Å²) in [6.45, 7) is 9.32. The Labute approximate surface area is 165 Å². The molecule has 2 N–H and O–H groups in total. The number of phenolic OH excluding ortho intramolecular Hbond substituents is 1. The molecular weight excluding hydrogens is 360 g/mol. The van der Waals surface area contributed by atoms with Gasteiger partial charge in [0.25, 0.3) is 0 Å². The predicted octanol–water partition coefficient (Wildman–Crippen LogP) is 4.53. The number of fused-ring (bicyclic) bond motifs is 3. The standard InChI is InChI=1S/C22H28O6/c1-6-7-13(10-15(23)24)16-19(26)17-18(25)11(2)12(3)27-20(17)14-8-9-22(4,5)28-21(14)16/h8-9,11-13,26H,6-7,10H2,1-5H3,(H,23,24). The fourth-order valence-electron chi connectivity index (χ4n) is 3.94. The molecule has 1 aromatic rings. The minimum atomic E-state index is -0.959. The van der Waals surface area contributed by atoms with Gasteiger partial charge in [0, 0.05) is 11.5 Å². The minimum Gasteiger partial charge on any atom is -0.507 e. The normalized spacial score (nSPS) is 23.2. The fraction of sp³-hybridized carbons (Fsp3) is 0.545. The Morgan fingerprint density at radius 2 is 1.96 bits per heavy atom. The maximum Gasteiger partial charge on any atom is 0.303 e. The van der Waals surface area contributed by atoms with Gasteiger partial charge in [0.2, 0.25) is 0 Å². The zero-order valence-electron chi connectivity index (χ0n) is 17.0. The van der Waals surface area contributed by atoms with E-state index in [0.717, 1.165) is 6.42 Å². The molecule has 0 fully saturated rings. The summed E-state index contributed by atoms with van der Waals surface area (Å²) in [7, 11) is 0. The molecule has 2 aliphatic rings. The van der Waals surface area contributed by atoms with E-state index in [1.807, 2.05) is 39.8 Å². The number of aliphatic carboxylic acids is 1. The Morgan fingerprint density at radius 1 is 1.29 bits per heavy atom. The van der Waals surface area contributed by atoms with Gasteiger partial charge in [-0.05, 0) is 39.3 Å². The van der Waals surface area contributed by atoms with Gasteiger partial charge in [0.1, 0.15) is 34.5 Å². The summed E-state index contributed by atoms with van der Waals surface area (Å²) in [6, 6.07) is 0. The van der Waals surface area contributed by atoms with Crippen LogP contribution in [0.4, 0.5) is 0 Å². The number of benzene rings is 1. The third-order valence-corrected chi connectivity index (χ3v) is 5.60. The summed E-state index contributed by atoms with van der Waals surface area (Å²) in [5.74, 6) is -1.49. The molecule has 0 saturated heterocycles. The highest BCUT2D eigenvalue weighted by Gasteiger charge is 2.41. The number of carbonyl (C=O) groups excluding carboxylic acids is 1. The van der Waals surface area contributed by atoms with E-state index in [1.54, 1.807) is 6.92 Å². The van der Waals surface area contributed by atoms with Gasteiger partial charge in [-0.3, -0.25) is 9.59 Å². The van der Waals surface area contributed by atoms with Crippen molar-refractivity contribution in [1.82, 2.24) is 0 Å². The van der Waals surface area contributed by atoms with E-state index in [9.17, 15) is 19.8 Å². The largest absolute Gasteiger partial charge is 0.507 e. The highest BCUT2D eigenvalue weighted by atomic mass is 16.5. The first-order chi connectivity index (χ1) is 13.1. The molecule has 6 nitrogen and oxygen atoms in total. The van der Waals surface area contributed by atoms with E-state index in [1.165, 1.54) is 0 Å². The predicted molar refractivity (Wildman–Crippen MR) is 105 cm³/mol. The Hall–Kier alpha value is -2.50. The van der Waals surface area contributed by atoms with Crippen LogP contribution in [0.15, 0.2) is 6.08 Å². The molecule has 3 atom stereocenters. The number of hydrogen-bond acceptors (Lipinski definition) is 5. The van der Waals surface area contributed by atoms with Crippen LogP contribution in [0.5, 0.6) is 17.2 Å². The molecule has 1 aromatic carbocycles. The molecule has 0 spiro atoms. The Bertz CT molecular complexity index is 851. The quantitative estimate of drug-likeness (QED) is 0.769. The molecule has 0 bridgehead atoms. The van der Waals surface area contributed by atoms with Crippen LogP contribution < -0.4 is 9.47 Å². The lowest BCUT2D eigenvalue weighted by Gasteiger charge is -2.36. The van der Waals surface area contributed by atoms with Crippen LogP contribution in [0.1, 0.15) is 81.3 Å². The van der Waals surface area contributed by atoms with Crippen LogP contribution in [-0.4, -0.2) is 33.7 Å². The second-order valence-electron chi connectivity index (χ2n) is 8.31. The topological polar surface area (TPSA) is 93.1 Å². The molecular formula is C22H28O6. The molecule has 3 rings (SSSR count). The molecule has 3 unspecified atom stereocenters. The van der Waals surface area contributed by atoms with E-state index >= 15 is 0 Å². The van der Waals surface area contributed by atoms with Crippen LogP contribution in [0.25, 0.3) is 6.08 Å². The van der Waals surface area contributed by atoms with E-state index in [4.69, 9.17) is 9.47 Å². The van der Waals surface area contributed by atoms with Crippen molar-refractivity contribution in [1.29, 1.82) is 0 Å². The molecule has 6 heteroatoms. The smallest absolute Gasteiger partial charge is 0.303 e. The SMILES string of the molecule is CCCC(CC(=O)O)c1c(O)c2c(c3c1OC(C)(C)C=C3)OC(C)C(C)C2=O. The van der Waals surface area contributed by atoms with Gasteiger partial charge in [-0.1, -0.05) is 20.3 Å². The number of carbonyl (C=O) groups is 2. The van der Waals surface area contributed by atoms with Crippen molar-refractivity contribution < 1.29 is 29.3 Å². The summed E-state index contributed by atoms with van der Waals surface area (Å²) in [5, 5.41) is 20.6. The number of carboxylic acid groups (broad SMARTS) is 1. The summed E-state index contributed by atoms with van der Waals surface area (Å²) >= 11 is 0. The van der Waals surface area contributed by atoms with E-state index in [0.29, 0.717) is 29.0 Å². The van der Waals surface area contributed by atoms with Crippen molar-refractivity contribution >= 4 is 17.8 Å². The van der Waals surface area contributed by atoms with Gasteiger partial charge in [-0.2, -0.15) is 0 Å². The lowest BCUT2D eigenvalue weighted by molar-refractivity contribution is -0.137. The lowest BCUT2D eigenvalue weighted by Crippen LogP contribution is -2.35. The molecule has 0 saturated carbocycles. The molecule has 0 aromatic heterocycles. The second-order valence-corrected chi connectivity index (χ2v) is 8.31. The van der Waals surface area contributed by atoms with Crippen molar-refractivity contribution in [3.8, 4) is 17.2 Å². The Morgan fingerprint density at radius 3 is 2.57 bits per heavy atom. The van der Waals surface area contributed by atoms with Gasteiger partial charge in [-0.15, -0.1) is 0 Å². The average Bonchev–Trinajstić information content (AvgIpc) is 2.58. The van der Waals surface area contributed by atoms with Gasteiger partial charge >= 0.3 is 5.97 Å². The summed E-state index contributed by atoms with van der Waals surface area (Å²) in [4.78, 5) is 24.5. The number of rotatable bonds is 5. The number of aromatic hydroxyl groups is 1. The lowest BCUT2D eigenvalue weighted by atomic mass is 9.81. The third kappa shape index (κ3) is 3.36. The second kappa shape index (κ2) is 7.15. The van der Waals surface area contributed by atoms with Crippen LogP contribution in [0.2, 0.25) is 0 Å². The van der Waals surface area contributed by atoms with Gasteiger partial charge in [-0.25, -0.2) is 0 Å². The van der Waals surface area contributed by atoms with Crippen LogP contribution in [0.3, 0.4) is 0 Å². The molecule has 28 heavy (non-hydrogen) atoms. The van der Waals surface area contributed by atoms with Crippen molar-refractivity contribution in [2.75, 3.05) is 0 Å². The van der Waals surface area contributed by atoms with E-state index < -0.39 is 23.4 Å². The molecule has 152 valence electrons. The molecule has 2 heterocycles. The van der Waals surface area contributed by atoms with Crippen molar-refractivity contribution in [2.45, 2.75) is 71.5 Å². The Kier molecular flexibility index (Phi) is 5.17. The number of ketones is 1. The van der Waals surface area contributed by atoms with Crippen molar-refractivity contribution in [2.24, 2.45) is 5.92 Å². The summed E-state index contributed by atoms with van der Waals surface area (Å²) in [6.07, 6.45) is 4.53. The number of ether oxygens (including phenoxy) is 2. The minimum absolute atomic E-state index is 0.138.